The lowest BCUT2D eigenvalue weighted by Crippen LogP contribution is -2.65. The second-order valence-corrected chi connectivity index (χ2v) is 6.14. The Hall–Kier alpha value is -0.750. The van der Waals surface area contributed by atoms with Crippen LogP contribution in [-0.4, -0.2) is 44.7 Å². The number of nitrogens with zero attached hydrogens (tertiary/aromatic N) is 1. The molecule has 2 fully saturated rings. The van der Waals surface area contributed by atoms with Crippen molar-refractivity contribution in [3.8, 4) is 0 Å². The number of carbonyl (C=O) groups is 2. The lowest BCUT2D eigenvalue weighted by Gasteiger charge is -2.44. The number of β-lactam (4-membered cyclic amide) rings is 1. The number of carboxylic acids is 1. The van der Waals surface area contributed by atoms with Crippen LogP contribution in [0.25, 0.3) is 0 Å². The number of fused-ring (bicyclic) bond motifs is 1. The van der Waals surface area contributed by atoms with Gasteiger partial charge in [-0.2, -0.15) is 0 Å². The van der Waals surface area contributed by atoms with Crippen molar-refractivity contribution < 1.29 is 19.8 Å². The van der Waals surface area contributed by atoms with Crippen LogP contribution in [0, 0.1) is 5.92 Å². The van der Waals surface area contributed by atoms with Crippen molar-refractivity contribution in [2.45, 2.75) is 30.0 Å². The third-order valence-corrected chi connectivity index (χ3v) is 4.60. The van der Waals surface area contributed by atoms with Gasteiger partial charge in [-0.05, 0) is 13.8 Å². The molecule has 84 valence electrons. The highest BCUT2D eigenvalue weighted by Crippen LogP contribution is 2.52. The van der Waals surface area contributed by atoms with E-state index in [4.69, 9.17) is 5.11 Å². The van der Waals surface area contributed by atoms with E-state index in [2.05, 4.69) is 0 Å². The molecule has 2 aliphatic rings. The molecule has 5 nitrogen and oxygen atoms in total. The molecule has 0 saturated carbocycles. The van der Waals surface area contributed by atoms with Gasteiger partial charge in [-0.3, -0.25) is 4.79 Å². The molecular formula is C9H12NO4S-. The molecule has 0 aromatic carbocycles. The summed E-state index contributed by atoms with van der Waals surface area (Å²) in [4.78, 5) is 23.8. The molecule has 6 heteroatoms. The molecule has 0 radical (unpaired) electrons. The van der Waals surface area contributed by atoms with Gasteiger partial charge in [0.25, 0.3) is 0 Å². The van der Waals surface area contributed by atoms with Crippen molar-refractivity contribution >= 4 is 23.6 Å². The van der Waals surface area contributed by atoms with E-state index in [9.17, 15) is 14.7 Å². The average molecular weight is 230 g/mol. The van der Waals surface area contributed by atoms with Gasteiger partial charge in [0.1, 0.15) is 0 Å². The Bertz CT molecular complexity index is 330. The van der Waals surface area contributed by atoms with Gasteiger partial charge in [0.2, 0.25) is 5.91 Å². The molecule has 0 spiro atoms. The predicted molar refractivity (Wildman–Crippen MR) is 51.7 cm³/mol. The Balaban J connectivity index is 2.28. The zero-order valence-electron chi connectivity index (χ0n) is 8.47. The van der Waals surface area contributed by atoms with Crippen molar-refractivity contribution in [1.82, 2.24) is 4.90 Å². The fraction of sp³-hybridized carbons (Fsp3) is 0.778. The van der Waals surface area contributed by atoms with Crippen LogP contribution in [0.5, 0.6) is 0 Å². The molecular weight excluding hydrogens is 218 g/mol. The quantitative estimate of drug-likeness (QED) is 0.578. The number of carbonyl (C=O) groups excluding carboxylic acids is 2. The Labute approximate surface area is 91.4 Å². The van der Waals surface area contributed by atoms with E-state index in [1.54, 1.807) is 13.8 Å². The Morgan fingerprint density at radius 2 is 2.27 bits per heavy atom. The van der Waals surface area contributed by atoms with Crippen molar-refractivity contribution in [3.05, 3.63) is 0 Å². The number of thioether (sulfide) groups is 1. The molecule has 15 heavy (non-hydrogen) atoms. The van der Waals surface area contributed by atoms with Crippen molar-refractivity contribution in [2.24, 2.45) is 5.92 Å². The van der Waals surface area contributed by atoms with E-state index >= 15 is 0 Å². The summed E-state index contributed by atoms with van der Waals surface area (Å²) in [5.41, 5.74) is 0. The molecule has 0 aliphatic carbocycles. The van der Waals surface area contributed by atoms with Crippen LogP contribution >= 0.6 is 11.8 Å². The van der Waals surface area contributed by atoms with Crippen molar-refractivity contribution in [3.63, 3.8) is 0 Å². The van der Waals surface area contributed by atoms with E-state index in [0.717, 1.165) is 0 Å². The van der Waals surface area contributed by atoms with Gasteiger partial charge < -0.3 is 19.9 Å². The first-order valence-electron chi connectivity index (χ1n) is 4.72. The maximum Gasteiger partial charge on any atom is 0.232 e. The topological polar surface area (TPSA) is 80.7 Å². The highest BCUT2D eigenvalue weighted by Gasteiger charge is 2.61. The molecule has 0 bridgehead atoms. The summed E-state index contributed by atoms with van der Waals surface area (Å²) in [5.74, 6) is -1.95. The fourth-order valence-corrected chi connectivity index (χ4v) is 3.91. The summed E-state index contributed by atoms with van der Waals surface area (Å²) in [6.07, 6.45) is 0. The van der Waals surface area contributed by atoms with Gasteiger partial charge in [-0.25, -0.2) is 0 Å². The van der Waals surface area contributed by atoms with E-state index in [1.807, 2.05) is 0 Å². The van der Waals surface area contributed by atoms with Gasteiger partial charge in [-0.15, -0.1) is 11.8 Å². The molecule has 2 rings (SSSR count). The fourth-order valence-electron chi connectivity index (χ4n) is 2.24. The molecule has 0 aromatic heterocycles. The van der Waals surface area contributed by atoms with Crippen LogP contribution in [0.4, 0.5) is 0 Å². The highest BCUT2D eigenvalue weighted by atomic mass is 32.2. The van der Waals surface area contributed by atoms with E-state index in [1.165, 1.54) is 16.7 Å². The predicted octanol–water partition coefficient (Wildman–Crippen LogP) is -1.59. The summed E-state index contributed by atoms with van der Waals surface area (Å²) >= 11 is 1.41. The Kier molecular flexibility index (Phi) is 2.24. The molecule has 0 unspecified atom stereocenters. The number of amides is 1. The molecule has 2 aliphatic heterocycles. The maximum absolute atomic E-state index is 11.5. The number of aliphatic hydroxyl groups is 1. The monoisotopic (exact) mass is 230 g/mol. The van der Waals surface area contributed by atoms with Gasteiger partial charge in [0.05, 0.1) is 29.9 Å². The van der Waals surface area contributed by atoms with E-state index in [-0.39, 0.29) is 17.9 Å². The normalized spacial score (nSPS) is 37.4. The zero-order chi connectivity index (χ0) is 11.4. The third kappa shape index (κ3) is 1.28. The summed E-state index contributed by atoms with van der Waals surface area (Å²) in [5, 5.41) is 19.7. The highest BCUT2D eigenvalue weighted by molar-refractivity contribution is 8.01. The smallest absolute Gasteiger partial charge is 0.232 e. The van der Waals surface area contributed by atoms with Crippen LogP contribution in [0.15, 0.2) is 0 Å². The van der Waals surface area contributed by atoms with Crippen LogP contribution in [-0.2, 0) is 9.59 Å². The summed E-state index contributed by atoms with van der Waals surface area (Å²) < 4.78 is -0.552. The summed E-state index contributed by atoms with van der Waals surface area (Å²) in [6, 6.07) is -0.886. The number of hydrogen-bond acceptors (Lipinski definition) is 5. The number of aliphatic hydroxyl groups excluding tert-OH is 1. The minimum Gasteiger partial charge on any atom is -0.548 e. The molecule has 1 amide bonds. The van der Waals surface area contributed by atoms with E-state index < -0.39 is 22.7 Å². The molecule has 1 N–H and O–H groups in total. The summed E-state index contributed by atoms with van der Waals surface area (Å²) in [6.45, 7) is 3.33. The van der Waals surface area contributed by atoms with Gasteiger partial charge in [-0.1, -0.05) is 0 Å². The third-order valence-electron chi connectivity index (χ3n) is 2.97. The molecule has 0 aromatic rings. The second kappa shape index (κ2) is 3.12. The van der Waals surface area contributed by atoms with Gasteiger partial charge in [0, 0.05) is 4.75 Å². The van der Waals surface area contributed by atoms with Crippen molar-refractivity contribution in [2.75, 3.05) is 6.61 Å². The van der Waals surface area contributed by atoms with Gasteiger partial charge in [0.15, 0.2) is 0 Å². The SMILES string of the molecule is CC1(C)S[C@@H]2[C@H](CO)C(=O)N2[C@H]1C(=O)[O-]. The maximum atomic E-state index is 11.5. The number of rotatable bonds is 2. The number of carboxylic acid groups (broad SMARTS) is 1. The number of hydrogen-bond donors (Lipinski definition) is 1. The minimum absolute atomic E-state index is 0.208. The Morgan fingerprint density at radius 3 is 2.73 bits per heavy atom. The first kappa shape index (κ1) is 10.8. The second-order valence-electron chi connectivity index (χ2n) is 4.37. The molecule has 3 atom stereocenters. The summed E-state index contributed by atoms with van der Waals surface area (Å²) in [7, 11) is 0. The van der Waals surface area contributed by atoms with Crippen LogP contribution in [0.2, 0.25) is 0 Å². The van der Waals surface area contributed by atoms with E-state index in [0.29, 0.717) is 0 Å². The lowest BCUT2D eigenvalue weighted by atomic mass is 9.92. The van der Waals surface area contributed by atoms with Crippen molar-refractivity contribution in [1.29, 1.82) is 0 Å². The zero-order valence-corrected chi connectivity index (χ0v) is 9.28. The average Bonchev–Trinajstić information content (AvgIpc) is 2.35. The lowest BCUT2D eigenvalue weighted by molar-refractivity contribution is -0.313. The first-order chi connectivity index (χ1) is 6.90. The first-order valence-corrected chi connectivity index (χ1v) is 5.60. The largest absolute Gasteiger partial charge is 0.548 e. The van der Waals surface area contributed by atoms with Crippen LogP contribution in [0.1, 0.15) is 13.8 Å². The molecule has 2 heterocycles. The molecule has 2 saturated heterocycles. The Morgan fingerprint density at radius 1 is 1.67 bits per heavy atom. The van der Waals surface area contributed by atoms with Crippen LogP contribution < -0.4 is 5.11 Å². The van der Waals surface area contributed by atoms with Crippen LogP contribution in [0.3, 0.4) is 0 Å². The minimum atomic E-state index is -1.22. The standard InChI is InChI=1S/C9H13NO4S/c1-9(2)5(8(13)14)10-6(12)4(3-11)7(10)15-9/h4-5,7,11H,3H2,1-2H3,(H,13,14)/p-1/t4-,5+,7-/m1/s1. The van der Waals surface area contributed by atoms with Gasteiger partial charge >= 0.3 is 0 Å². The number of aliphatic carboxylic acids is 1.